The van der Waals surface area contributed by atoms with E-state index in [0.717, 1.165) is 19.5 Å². The van der Waals surface area contributed by atoms with E-state index in [2.05, 4.69) is 76.1 Å². The molecule has 2 heteroatoms. The Kier molecular flexibility index (Phi) is 7.25. The van der Waals surface area contributed by atoms with E-state index >= 15 is 0 Å². The molecule has 2 unspecified atom stereocenters. The maximum absolute atomic E-state index is 3.64. The lowest BCUT2D eigenvalue weighted by molar-refractivity contribution is 0.198. The highest BCUT2D eigenvalue weighted by atomic mass is 15.1. The Bertz CT molecular complexity index is 387. The molecule has 0 aliphatic rings. The van der Waals surface area contributed by atoms with E-state index in [1.54, 1.807) is 0 Å². The summed E-state index contributed by atoms with van der Waals surface area (Å²) < 4.78 is 0. The number of hydrogen-bond donors (Lipinski definition) is 1. The molecular weight excluding hydrogens is 244 g/mol. The number of hydrogen-bond acceptors (Lipinski definition) is 2. The third-order valence-electron chi connectivity index (χ3n) is 4.44. The van der Waals surface area contributed by atoms with Crippen LogP contribution in [0.2, 0.25) is 0 Å². The van der Waals surface area contributed by atoms with Crippen LogP contribution in [0.5, 0.6) is 0 Å². The zero-order valence-electron chi connectivity index (χ0n) is 14.1. The number of nitrogens with one attached hydrogen (secondary N) is 1. The molecule has 114 valence electrons. The molecule has 1 aromatic rings. The van der Waals surface area contributed by atoms with Gasteiger partial charge in [-0.25, -0.2) is 0 Å². The van der Waals surface area contributed by atoms with Gasteiger partial charge < -0.3 is 10.2 Å². The van der Waals surface area contributed by atoms with Crippen LogP contribution in [-0.2, 0) is 0 Å². The molecule has 0 aliphatic heterocycles. The SMILES string of the molecule is CCNC(CCN(C)C(C)C(C)C)c1ccccc1C. The van der Waals surface area contributed by atoms with Gasteiger partial charge in [0.1, 0.15) is 0 Å². The maximum atomic E-state index is 3.64. The molecule has 0 amide bonds. The van der Waals surface area contributed by atoms with Crippen molar-refractivity contribution in [3.8, 4) is 0 Å². The van der Waals surface area contributed by atoms with E-state index in [4.69, 9.17) is 0 Å². The Morgan fingerprint density at radius 3 is 2.35 bits per heavy atom. The first-order valence-corrected chi connectivity index (χ1v) is 7.96. The molecule has 1 aromatic carbocycles. The maximum Gasteiger partial charge on any atom is 0.0334 e. The largest absolute Gasteiger partial charge is 0.310 e. The van der Waals surface area contributed by atoms with Gasteiger partial charge in [0, 0.05) is 12.1 Å². The first-order valence-electron chi connectivity index (χ1n) is 7.96. The molecule has 2 atom stereocenters. The van der Waals surface area contributed by atoms with E-state index in [1.807, 2.05) is 0 Å². The van der Waals surface area contributed by atoms with Gasteiger partial charge in [-0.1, -0.05) is 45.0 Å². The van der Waals surface area contributed by atoms with Gasteiger partial charge in [0.15, 0.2) is 0 Å². The molecule has 20 heavy (non-hydrogen) atoms. The lowest BCUT2D eigenvalue weighted by atomic mass is 9.97. The van der Waals surface area contributed by atoms with Crippen LogP contribution in [0.1, 0.15) is 51.3 Å². The Balaban J connectivity index is 2.67. The van der Waals surface area contributed by atoms with Crippen LogP contribution in [-0.4, -0.2) is 31.1 Å². The van der Waals surface area contributed by atoms with Crippen molar-refractivity contribution in [2.45, 2.75) is 53.1 Å². The van der Waals surface area contributed by atoms with E-state index < -0.39 is 0 Å². The van der Waals surface area contributed by atoms with Gasteiger partial charge in [0.25, 0.3) is 0 Å². The third-order valence-corrected chi connectivity index (χ3v) is 4.44. The summed E-state index contributed by atoms with van der Waals surface area (Å²) in [5, 5.41) is 3.64. The van der Waals surface area contributed by atoms with Gasteiger partial charge in [-0.05, 0) is 57.5 Å². The monoisotopic (exact) mass is 276 g/mol. The second kappa shape index (κ2) is 8.43. The van der Waals surface area contributed by atoms with Crippen LogP contribution < -0.4 is 5.32 Å². The van der Waals surface area contributed by atoms with Crippen molar-refractivity contribution >= 4 is 0 Å². The molecule has 0 heterocycles. The average Bonchev–Trinajstić information content (AvgIpc) is 2.43. The summed E-state index contributed by atoms with van der Waals surface area (Å²) in [6.07, 6.45) is 1.16. The fourth-order valence-corrected chi connectivity index (χ4v) is 2.64. The van der Waals surface area contributed by atoms with Crippen molar-refractivity contribution < 1.29 is 0 Å². The summed E-state index contributed by atoms with van der Waals surface area (Å²) in [5.74, 6) is 0.705. The predicted octanol–water partition coefficient (Wildman–Crippen LogP) is 4.01. The second-order valence-electron chi connectivity index (χ2n) is 6.22. The van der Waals surface area contributed by atoms with Crippen molar-refractivity contribution in [1.82, 2.24) is 10.2 Å². The molecule has 2 nitrogen and oxygen atoms in total. The highest BCUT2D eigenvalue weighted by molar-refractivity contribution is 5.28. The van der Waals surface area contributed by atoms with Gasteiger partial charge in [-0.3, -0.25) is 0 Å². The Labute approximate surface area is 125 Å². The zero-order chi connectivity index (χ0) is 15.1. The Hall–Kier alpha value is -0.860. The van der Waals surface area contributed by atoms with Crippen molar-refractivity contribution in [2.24, 2.45) is 5.92 Å². The molecule has 0 aromatic heterocycles. The summed E-state index contributed by atoms with van der Waals surface area (Å²) in [7, 11) is 2.24. The third kappa shape index (κ3) is 4.92. The smallest absolute Gasteiger partial charge is 0.0334 e. The molecule has 1 N–H and O–H groups in total. The van der Waals surface area contributed by atoms with E-state index in [9.17, 15) is 0 Å². The number of benzene rings is 1. The highest BCUT2D eigenvalue weighted by Gasteiger charge is 2.17. The summed E-state index contributed by atoms with van der Waals surface area (Å²) in [5.41, 5.74) is 2.83. The molecule has 0 radical (unpaired) electrons. The van der Waals surface area contributed by atoms with Gasteiger partial charge in [0.05, 0.1) is 0 Å². The van der Waals surface area contributed by atoms with Gasteiger partial charge in [0.2, 0.25) is 0 Å². The second-order valence-corrected chi connectivity index (χ2v) is 6.22. The van der Waals surface area contributed by atoms with Gasteiger partial charge in [-0.15, -0.1) is 0 Å². The molecule has 0 saturated carbocycles. The lowest BCUT2D eigenvalue weighted by Crippen LogP contribution is -2.36. The van der Waals surface area contributed by atoms with E-state index in [0.29, 0.717) is 18.0 Å². The lowest BCUT2D eigenvalue weighted by Gasteiger charge is -2.30. The number of aryl methyl sites for hydroxylation is 1. The summed E-state index contributed by atoms with van der Waals surface area (Å²) in [6, 6.07) is 9.83. The highest BCUT2D eigenvalue weighted by Crippen LogP contribution is 2.21. The van der Waals surface area contributed by atoms with Crippen molar-refractivity contribution in [2.75, 3.05) is 20.1 Å². The summed E-state index contributed by atoms with van der Waals surface area (Å²) >= 11 is 0. The van der Waals surface area contributed by atoms with Crippen LogP contribution in [0.25, 0.3) is 0 Å². The van der Waals surface area contributed by atoms with Crippen LogP contribution in [0.15, 0.2) is 24.3 Å². The molecule has 0 bridgehead atoms. The fourth-order valence-electron chi connectivity index (χ4n) is 2.64. The Morgan fingerprint density at radius 2 is 1.80 bits per heavy atom. The molecule has 1 rings (SSSR count). The minimum absolute atomic E-state index is 0.461. The standard InChI is InChI=1S/C18H32N2/c1-7-19-18(17-11-9-8-10-15(17)4)12-13-20(6)16(5)14(2)3/h8-11,14,16,18-19H,7,12-13H2,1-6H3. The first kappa shape index (κ1) is 17.2. The van der Waals surface area contributed by atoms with Crippen molar-refractivity contribution in [3.63, 3.8) is 0 Å². The van der Waals surface area contributed by atoms with Gasteiger partial charge >= 0.3 is 0 Å². The predicted molar refractivity (Wildman–Crippen MR) is 89.1 cm³/mol. The zero-order valence-corrected chi connectivity index (χ0v) is 14.1. The van der Waals surface area contributed by atoms with Crippen LogP contribution in [0.4, 0.5) is 0 Å². The average molecular weight is 276 g/mol. The van der Waals surface area contributed by atoms with Crippen molar-refractivity contribution in [1.29, 1.82) is 0 Å². The van der Waals surface area contributed by atoms with Crippen molar-refractivity contribution in [3.05, 3.63) is 35.4 Å². The summed E-state index contributed by atoms with van der Waals surface area (Å²) in [6.45, 7) is 13.5. The fraction of sp³-hybridized carbons (Fsp3) is 0.667. The number of rotatable bonds is 8. The molecule has 0 aliphatic carbocycles. The molecule has 0 saturated heterocycles. The summed E-state index contributed by atoms with van der Waals surface area (Å²) in [4.78, 5) is 2.48. The minimum atomic E-state index is 0.461. The number of nitrogens with zero attached hydrogens (tertiary/aromatic N) is 1. The molecular formula is C18H32N2. The first-order chi connectivity index (χ1) is 9.47. The van der Waals surface area contributed by atoms with Crippen LogP contribution in [0.3, 0.4) is 0 Å². The molecule has 0 spiro atoms. The van der Waals surface area contributed by atoms with E-state index in [-0.39, 0.29) is 0 Å². The van der Waals surface area contributed by atoms with Crippen LogP contribution >= 0.6 is 0 Å². The minimum Gasteiger partial charge on any atom is -0.310 e. The van der Waals surface area contributed by atoms with Crippen LogP contribution in [0, 0.1) is 12.8 Å². The molecule has 0 fully saturated rings. The quantitative estimate of drug-likeness (QED) is 0.771. The topological polar surface area (TPSA) is 15.3 Å². The van der Waals surface area contributed by atoms with Gasteiger partial charge in [-0.2, -0.15) is 0 Å². The van der Waals surface area contributed by atoms with E-state index in [1.165, 1.54) is 11.1 Å². The normalized spacial score (nSPS) is 14.8. The Morgan fingerprint density at radius 1 is 1.15 bits per heavy atom.